The lowest BCUT2D eigenvalue weighted by Gasteiger charge is -2.10. The summed E-state index contributed by atoms with van der Waals surface area (Å²) in [7, 11) is 0. The number of carbonyl (C=O) groups is 2. The minimum Gasteiger partial charge on any atom is -0.352 e. The van der Waals surface area contributed by atoms with Crippen molar-refractivity contribution in [2.24, 2.45) is 0 Å². The van der Waals surface area contributed by atoms with E-state index in [0.717, 1.165) is 0 Å². The van der Waals surface area contributed by atoms with E-state index in [0.29, 0.717) is 30.6 Å². The number of aromatic nitrogens is 3. The zero-order valence-corrected chi connectivity index (χ0v) is 15.7. The van der Waals surface area contributed by atoms with Gasteiger partial charge in [0.25, 0.3) is 11.8 Å². The first-order valence-electron chi connectivity index (χ1n) is 9.16. The summed E-state index contributed by atoms with van der Waals surface area (Å²) in [5.41, 5.74) is 1.44. The summed E-state index contributed by atoms with van der Waals surface area (Å²) < 4.78 is 1.54. The molecule has 3 aromatic rings. The molecule has 1 aromatic heterocycles. The van der Waals surface area contributed by atoms with E-state index in [1.165, 1.54) is 10.9 Å². The Morgan fingerprint density at radius 3 is 2.41 bits per heavy atom. The maximum Gasteiger partial charge on any atom is 0.274 e. The Morgan fingerprint density at radius 2 is 1.72 bits per heavy atom. The largest absolute Gasteiger partial charge is 0.352 e. The van der Waals surface area contributed by atoms with Crippen LogP contribution >= 0.6 is 0 Å². The number of carbonyl (C=O) groups excluding carboxylic acids is 2. The normalized spacial score (nSPS) is 11.3. The van der Waals surface area contributed by atoms with Gasteiger partial charge in [0.15, 0.2) is 5.69 Å². The monoisotopic (exact) mass is 388 g/mol. The standard InChI is InChI=1S/C21H20N6O2/c22-14-18(16-8-3-1-4-9-16)24-21(29)19-15-27(26-25-19)13-7-12-23-20(28)17-10-5-2-6-11-17/h1-6,8-11,15,18H,7,12-13H2,(H,23,28)(H,24,29). The number of hydrogen-bond acceptors (Lipinski definition) is 5. The number of benzene rings is 2. The number of nitrogens with zero attached hydrogens (tertiary/aromatic N) is 4. The molecule has 2 amide bonds. The molecule has 0 aliphatic carbocycles. The van der Waals surface area contributed by atoms with Gasteiger partial charge in [-0.3, -0.25) is 14.3 Å². The SMILES string of the molecule is N#CC(NC(=O)c1cn(CCCNC(=O)c2ccccc2)nn1)c1ccccc1. The van der Waals surface area contributed by atoms with Crippen LogP contribution in [0.1, 0.15) is 38.9 Å². The minimum atomic E-state index is -0.762. The maximum atomic E-state index is 12.3. The molecule has 0 radical (unpaired) electrons. The molecule has 146 valence electrons. The molecule has 0 saturated heterocycles. The molecule has 8 heteroatoms. The summed E-state index contributed by atoms with van der Waals surface area (Å²) in [6, 6.07) is 19.3. The van der Waals surface area contributed by atoms with Crippen LogP contribution in [0.4, 0.5) is 0 Å². The van der Waals surface area contributed by atoms with Crippen molar-refractivity contribution >= 4 is 11.8 Å². The number of hydrogen-bond donors (Lipinski definition) is 2. The minimum absolute atomic E-state index is 0.132. The Labute approximate surface area is 168 Å². The van der Waals surface area contributed by atoms with E-state index in [-0.39, 0.29) is 11.6 Å². The van der Waals surface area contributed by atoms with Gasteiger partial charge in [0.1, 0.15) is 6.04 Å². The van der Waals surface area contributed by atoms with E-state index in [1.54, 1.807) is 36.4 Å². The van der Waals surface area contributed by atoms with Crippen LogP contribution in [-0.4, -0.2) is 33.4 Å². The van der Waals surface area contributed by atoms with Gasteiger partial charge >= 0.3 is 0 Å². The lowest BCUT2D eigenvalue weighted by atomic mass is 10.1. The fourth-order valence-electron chi connectivity index (χ4n) is 2.69. The van der Waals surface area contributed by atoms with Crippen molar-refractivity contribution < 1.29 is 9.59 Å². The van der Waals surface area contributed by atoms with Crippen LogP contribution in [0.25, 0.3) is 0 Å². The number of amides is 2. The van der Waals surface area contributed by atoms with Gasteiger partial charge < -0.3 is 10.6 Å². The van der Waals surface area contributed by atoms with E-state index in [4.69, 9.17) is 0 Å². The van der Waals surface area contributed by atoms with E-state index in [1.807, 2.05) is 24.3 Å². The number of nitrogens with one attached hydrogen (secondary N) is 2. The second kappa shape index (κ2) is 9.80. The van der Waals surface area contributed by atoms with Crippen molar-refractivity contribution in [3.8, 4) is 6.07 Å². The van der Waals surface area contributed by atoms with E-state index in [9.17, 15) is 14.9 Å². The Morgan fingerprint density at radius 1 is 1.03 bits per heavy atom. The Bertz CT molecular complexity index is 995. The van der Waals surface area contributed by atoms with Gasteiger partial charge in [-0.2, -0.15) is 5.26 Å². The Kier molecular flexibility index (Phi) is 6.68. The summed E-state index contributed by atoms with van der Waals surface area (Å²) in [4.78, 5) is 24.3. The molecule has 0 aliphatic heterocycles. The summed E-state index contributed by atoms with van der Waals surface area (Å²) in [6.07, 6.45) is 2.15. The highest BCUT2D eigenvalue weighted by atomic mass is 16.2. The molecule has 0 aliphatic rings. The molecule has 2 N–H and O–H groups in total. The third kappa shape index (κ3) is 5.49. The molecular formula is C21H20N6O2. The van der Waals surface area contributed by atoms with E-state index in [2.05, 4.69) is 27.0 Å². The Balaban J connectivity index is 1.47. The zero-order valence-electron chi connectivity index (χ0n) is 15.7. The van der Waals surface area contributed by atoms with Gasteiger partial charge in [0.05, 0.1) is 12.3 Å². The lowest BCUT2D eigenvalue weighted by molar-refractivity contribution is 0.0936. The molecule has 0 fully saturated rings. The molecule has 0 saturated carbocycles. The van der Waals surface area contributed by atoms with Crippen molar-refractivity contribution in [1.29, 1.82) is 5.26 Å². The predicted molar refractivity (Wildman–Crippen MR) is 106 cm³/mol. The summed E-state index contributed by atoms with van der Waals surface area (Å²) in [5, 5.41) is 22.6. The second-order valence-corrected chi connectivity index (χ2v) is 6.29. The first-order valence-corrected chi connectivity index (χ1v) is 9.16. The van der Waals surface area contributed by atoms with Gasteiger partial charge in [-0.15, -0.1) is 5.10 Å². The zero-order chi connectivity index (χ0) is 20.5. The molecule has 0 spiro atoms. The quantitative estimate of drug-likeness (QED) is 0.574. The van der Waals surface area contributed by atoms with Crippen molar-refractivity contribution in [2.75, 3.05) is 6.54 Å². The van der Waals surface area contributed by atoms with Gasteiger partial charge in [-0.25, -0.2) is 0 Å². The van der Waals surface area contributed by atoms with Crippen molar-refractivity contribution in [3.63, 3.8) is 0 Å². The van der Waals surface area contributed by atoms with Crippen LogP contribution < -0.4 is 10.6 Å². The lowest BCUT2D eigenvalue weighted by Crippen LogP contribution is -2.27. The molecule has 1 unspecified atom stereocenters. The molecule has 8 nitrogen and oxygen atoms in total. The van der Waals surface area contributed by atoms with Gasteiger partial charge in [-0.05, 0) is 24.1 Å². The molecule has 29 heavy (non-hydrogen) atoms. The number of nitriles is 1. The summed E-state index contributed by atoms with van der Waals surface area (Å²) in [6.45, 7) is 0.968. The van der Waals surface area contributed by atoms with Crippen molar-refractivity contribution in [2.45, 2.75) is 19.0 Å². The van der Waals surface area contributed by atoms with Crippen LogP contribution in [0.15, 0.2) is 66.9 Å². The van der Waals surface area contributed by atoms with Crippen LogP contribution in [-0.2, 0) is 6.54 Å². The molecule has 1 heterocycles. The number of aryl methyl sites for hydroxylation is 1. The average Bonchev–Trinajstić information content (AvgIpc) is 3.25. The van der Waals surface area contributed by atoms with Crippen LogP contribution in [0.3, 0.4) is 0 Å². The first-order chi connectivity index (χ1) is 14.2. The number of rotatable bonds is 8. The van der Waals surface area contributed by atoms with Crippen LogP contribution in [0.5, 0.6) is 0 Å². The first kappa shape index (κ1) is 19.8. The fourth-order valence-corrected chi connectivity index (χ4v) is 2.69. The third-order valence-corrected chi connectivity index (χ3v) is 4.19. The van der Waals surface area contributed by atoms with Gasteiger partial charge in [0, 0.05) is 18.7 Å². The molecule has 0 bridgehead atoms. The highest BCUT2D eigenvalue weighted by Gasteiger charge is 2.17. The maximum absolute atomic E-state index is 12.3. The molecular weight excluding hydrogens is 368 g/mol. The van der Waals surface area contributed by atoms with Crippen LogP contribution in [0, 0.1) is 11.3 Å². The van der Waals surface area contributed by atoms with Gasteiger partial charge in [0.2, 0.25) is 0 Å². The highest BCUT2D eigenvalue weighted by molar-refractivity contribution is 5.94. The Hall–Kier alpha value is -3.99. The van der Waals surface area contributed by atoms with Crippen LogP contribution in [0.2, 0.25) is 0 Å². The average molecular weight is 388 g/mol. The summed E-state index contributed by atoms with van der Waals surface area (Å²) >= 11 is 0. The van der Waals surface area contributed by atoms with Crippen molar-refractivity contribution in [1.82, 2.24) is 25.6 Å². The van der Waals surface area contributed by atoms with E-state index >= 15 is 0 Å². The third-order valence-electron chi connectivity index (χ3n) is 4.19. The topological polar surface area (TPSA) is 113 Å². The molecule has 2 aromatic carbocycles. The van der Waals surface area contributed by atoms with Crippen molar-refractivity contribution in [3.05, 3.63) is 83.7 Å². The smallest absolute Gasteiger partial charge is 0.274 e. The van der Waals surface area contributed by atoms with Gasteiger partial charge in [-0.1, -0.05) is 53.7 Å². The highest BCUT2D eigenvalue weighted by Crippen LogP contribution is 2.11. The van der Waals surface area contributed by atoms with E-state index < -0.39 is 11.9 Å². The second-order valence-electron chi connectivity index (χ2n) is 6.29. The summed E-state index contributed by atoms with van der Waals surface area (Å²) in [5.74, 6) is -0.600. The molecule has 1 atom stereocenters. The fraction of sp³-hybridized carbons (Fsp3) is 0.190. The molecule has 3 rings (SSSR count). The predicted octanol–water partition coefficient (Wildman–Crippen LogP) is 2.09.